The van der Waals surface area contributed by atoms with Crippen molar-refractivity contribution in [3.63, 3.8) is 0 Å². The number of hydrogen-bond donors (Lipinski definition) is 2. The number of carbonyl (C=O) groups is 3. The Bertz CT molecular complexity index is 844. The number of carbonyl (C=O) groups excluding carboxylic acids is 3. The van der Waals surface area contributed by atoms with Crippen LogP contribution in [0.2, 0.25) is 0 Å². The Kier molecular flexibility index (Phi) is 4.68. The number of nitrogens with zero attached hydrogens (tertiary/aromatic N) is 2. The van der Waals surface area contributed by atoms with Crippen LogP contribution in [0.15, 0.2) is 24.3 Å². The fourth-order valence-corrected chi connectivity index (χ4v) is 3.73. The van der Waals surface area contributed by atoms with Crippen LogP contribution in [0, 0.1) is 17.2 Å². The first kappa shape index (κ1) is 18.9. The first-order chi connectivity index (χ1) is 12.7. The lowest BCUT2D eigenvalue weighted by Crippen LogP contribution is -2.53. The van der Waals surface area contributed by atoms with Crippen molar-refractivity contribution in [2.24, 2.45) is 5.92 Å². The van der Waals surface area contributed by atoms with Gasteiger partial charge in [-0.1, -0.05) is 38.1 Å². The molecule has 1 heterocycles. The Morgan fingerprint density at radius 2 is 2.11 bits per heavy atom. The number of aryl methyl sites for hydroxylation is 1. The highest BCUT2D eigenvalue weighted by Crippen LogP contribution is 2.39. The maximum atomic E-state index is 13.2. The molecular formula is C20H24N4O3. The summed E-state index contributed by atoms with van der Waals surface area (Å²) < 4.78 is 0. The molecule has 1 aromatic carbocycles. The normalized spacial score (nSPS) is 23.6. The molecule has 2 atom stereocenters. The second-order valence-electron chi connectivity index (χ2n) is 7.75. The maximum absolute atomic E-state index is 13.2. The number of benzene rings is 1. The second kappa shape index (κ2) is 6.69. The molecule has 1 aromatic rings. The summed E-state index contributed by atoms with van der Waals surface area (Å²) in [6.07, 6.45) is 2.15. The van der Waals surface area contributed by atoms with Gasteiger partial charge in [0.15, 0.2) is 0 Å². The molecule has 2 N–H and O–H groups in total. The number of imide groups is 1. The number of urea groups is 1. The van der Waals surface area contributed by atoms with E-state index in [1.807, 2.05) is 38.1 Å². The molecule has 142 valence electrons. The summed E-state index contributed by atoms with van der Waals surface area (Å²) >= 11 is 0. The predicted molar refractivity (Wildman–Crippen MR) is 98.3 cm³/mol. The lowest BCUT2D eigenvalue weighted by molar-refractivity contribution is -0.136. The van der Waals surface area contributed by atoms with Crippen LogP contribution in [0.4, 0.5) is 4.79 Å². The third-order valence-electron chi connectivity index (χ3n) is 5.74. The first-order valence-electron chi connectivity index (χ1n) is 9.18. The van der Waals surface area contributed by atoms with E-state index in [4.69, 9.17) is 0 Å². The minimum atomic E-state index is -1.09. The van der Waals surface area contributed by atoms with Gasteiger partial charge in [-0.15, -0.1) is 0 Å². The summed E-state index contributed by atoms with van der Waals surface area (Å²) in [4.78, 5) is 39.1. The van der Waals surface area contributed by atoms with E-state index in [0.29, 0.717) is 6.42 Å². The Balaban J connectivity index is 1.82. The molecule has 1 aliphatic carbocycles. The molecule has 3 rings (SSSR count). The van der Waals surface area contributed by atoms with Crippen molar-refractivity contribution in [2.75, 3.05) is 6.54 Å². The van der Waals surface area contributed by atoms with Gasteiger partial charge in [0.25, 0.3) is 5.91 Å². The predicted octanol–water partition coefficient (Wildman–Crippen LogP) is 1.82. The van der Waals surface area contributed by atoms with Gasteiger partial charge in [-0.25, -0.2) is 4.79 Å². The molecule has 0 saturated carbocycles. The highest BCUT2D eigenvalue weighted by molar-refractivity contribution is 6.09. The van der Waals surface area contributed by atoms with E-state index in [0.717, 1.165) is 28.9 Å². The van der Waals surface area contributed by atoms with Crippen molar-refractivity contribution in [3.8, 4) is 6.07 Å². The van der Waals surface area contributed by atoms with Crippen molar-refractivity contribution in [1.82, 2.24) is 15.5 Å². The average Bonchev–Trinajstić information content (AvgIpc) is 2.86. The van der Waals surface area contributed by atoms with E-state index in [9.17, 15) is 19.6 Å². The topological polar surface area (TPSA) is 102 Å². The fourth-order valence-electron chi connectivity index (χ4n) is 3.73. The summed E-state index contributed by atoms with van der Waals surface area (Å²) in [5.41, 5.74) is -0.309. The quantitative estimate of drug-likeness (QED) is 0.792. The molecular weight excluding hydrogens is 344 g/mol. The number of rotatable bonds is 4. The van der Waals surface area contributed by atoms with E-state index >= 15 is 0 Å². The van der Waals surface area contributed by atoms with Crippen LogP contribution in [0.3, 0.4) is 0 Å². The van der Waals surface area contributed by atoms with E-state index in [1.165, 1.54) is 0 Å². The first-order valence-corrected chi connectivity index (χ1v) is 9.18. The monoisotopic (exact) mass is 368 g/mol. The van der Waals surface area contributed by atoms with Crippen LogP contribution < -0.4 is 10.6 Å². The molecule has 0 aromatic heterocycles. The summed E-state index contributed by atoms with van der Waals surface area (Å²) in [5, 5.41) is 14.8. The Morgan fingerprint density at radius 3 is 2.78 bits per heavy atom. The summed E-state index contributed by atoms with van der Waals surface area (Å²) in [6.45, 7) is 4.87. The van der Waals surface area contributed by atoms with Crippen LogP contribution in [0.1, 0.15) is 44.7 Å². The Labute approximate surface area is 158 Å². The highest BCUT2D eigenvalue weighted by atomic mass is 16.2. The fraction of sp³-hybridized carbons (Fsp3) is 0.500. The van der Waals surface area contributed by atoms with Gasteiger partial charge >= 0.3 is 6.03 Å². The number of nitriles is 1. The van der Waals surface area contributed by atoms with Crippen LogP contribution in [-0.2, 0) is 21.5 Å². The van der Waals surface area contributed by atoms with Crippen molar-refractivity contribution in [2.45, 2.75) is 51.1 Å². The Hall–Kier alpha value is -2.88. The second-order valence-corrected chi connectivity index (χ2v) is 7.75. The molecule has 27 heavy (non-hydrogen) atoms. The number of fused-ring (bicyclic) bond motifs is 2. The lowest BCUT2D eigenvalue weighted by atomic mass is 9.76. The molecule has 7 heteroatoms. The smallest absolute Gasteiger partial charge is 0.325 e. The van der Waals surface area contributed by atoms with Gasteiger partial charge in [-0.2, -0.15) is 5.26 Å². The zero-order valence-corrected chi connectivity index (χ0v) is 15.8. The summed E-state index contributed by atoms with van der Waals surface area (Å²) in [6, 6.07) is 9.11. The summed E-state index contributed by atoms with van der Waals surface area (Å²) in [5.74, 6) is -1.05. The van der Waals surface area contributed by atoms with E-state index in [1.54, 1.807) is 6.92 Å². The molecule has 1 fully saturated rings. The maximum Gasteiger partial charge on any atom is 0.325 e. The molecule has 1 aliphatic heterocycles. The largest absolute Gasteiger partial charge is 0.336 e. The van der Waals surface area contributed by atoms with Crippen LogP contribution in [0.5, 0.6) is 0 Å². The van der Waals surface area contributed by atoms with Crippen molar-refractivity contribution >= 4 is 17.8 Å². The molecule has 1 spiro atoms. The number of amides is 4. The van der Waals surface area contributed by atoms with Gasteiger partial charge in [-0.3, -0.25) is 14.5 Å². The van der Waals surface area contributed by atoms with Gasteiger partial charge in [0.1, 0.15) is 17.6 Å². The van der Waals surface area contributed by atoms with E-state index in [2.05, 4.69) is 16.7 Å². The highest BCUT2D eigenvalue weighted by Gasteiger charge is 2.54. The molecule has 2 aliphatic rings. The van der Waals surface area contributed by atoms with E-state index < -0.39 is 35.5 Å². The van der Waals surface area contributed by atoms with Crippen molar-refractivity contribution in [1.29, 1.82) is 5.26 Å². The van der Waals surface area contributed by atoms with Gasteiger partial charge in [0, 0.05) is 0 Å². The lowest BCUT2D eigenvalue weighted by Gasteiger charge is -2.33. The zero-order valence-electron chi connectivity index (χ0n) is 15.8. The number of nitrogens with one attached hydrogen (secondary N) is 2. The van der Waals surface area contributed by atoms with Gasteiger partial charge in [0.2, 0.25) is 5.91 Å². The average molecular weight is 368 g/mol. The van der Waals surface area contributed by atoms with Gasteiger partial charge in [-0.05, 0) is 43.2 Å². The molecule has 4 amide bonds. The minimum absolute atomic E-state index is 0.119. The van der Waals surface area contributed by atoms with E-state index in [-0.39, 0.29) is 5.92 Å². The third-order valence-corrected chi connectivity index (χ3v) is 5.74. The SMILES string of the molecule is CC(C)[C@](C)(C#N)NC(=O)CN1C(=O)N[C@]2(CCCc3ccccc32)C1=O. The van der Waals surface area contributed by atoms with Crippen molar-refractivity contribution in [3.05, 3.63) is 35.4 Å². The van der Waals surface area contributed by atoms with Gasteiger partial charge in [0.05, 0.1) is 6.07 Å². The standard InChI is InChI=1S/C20H24N4O3/c1-13(2)19(3,12-21)22-16(25)11-24-17(26)20(23-18(24)27)10-6-8-14-7-4-5-9-15(14)20/h4-5,7,9,13H,6,8,10-11H2,1-3H3,(H,22,25)(H,23,27)/t19-,20-/m0/s1. The molecule has 0 bridgehead atoms. The van der Waals surface area contributed by atoms with Crippen LogP contribution in [0.25, 0.3) is 0 Å². The Morgan fingerprint density at radius 1 is 1.41 bits per heavy atom. The molecule has 1 saturated heterocycles. The molecule has 0 unspecified atom stereocenters. The van der Waals surface area contributed by atoms with Crippen LogP contribution >= 0.6 is 0 Å². The minimum Gasteiger partial charge on any atom is -0.336 e. The van der Waals surface area contributed by atoms with Crippen LogP contribution in [-0.4, -0.2) is 34.8 Å². The number of hydrogen-bond acceptors (Lipinski definition) is 4. The third kappa shape index (κ3) is 3.05. The molecule has 7 nitrogen and oxygen atoms in total. The zero-order chi connectivity index (χ0) is 19.8. The van der Waals surface area contributed by atoms with Gasteiger partial charge < -0.3 is 10.6 Å². The van der Waals surface area contributed by atoms with Crippen molar-refractivity contribution < 1.29 is 14.4 Å². The molecule has 0 radical (unpaired) electrons. The summed E-state index contributed by atoms with van der Waals surface area (Å²) in [7, 11) is 0.